The molecule has 6 nitrogen and oxygen atoms in total. The van der Waals surface area contributed by atoms with Crippen molar-refractivity contribution in [2.75, 3.05) is 33.1 Å². The third-order valence-electron chi connectivity index (χ3n) is 4.84. The number of likely N-dealkylation sites (N-methyl/N-ethyl adjacent to an activating group) is 2. The molecule has 2 aromatic carbocycles. The van der Waals surface area contributed by atoms with Crippen LogP contribution in [0.25, 0.3) is 0 Å². The second-order valence-electron chi connectivity index (χ2n) is 7.20. The fourth-order valence-corrected chi connectivity index (χ4v) is 2.89. The zero-order valence-electron chi connectivity index (χ0n) is 17.3. The summed E-state index contributed by atoms with van der Waals surface area (Å²) >= 11 is 0. The fraction of sp³-hybridized carbons (Fsp3) is 0.364. The number of benzene rings is 2. The van der Waals surface area contributed by atoms with Crippen LogP contribution in [0.1, 0.15) is 18.1 Å². The summed E-state index contributed by atoms with van der Waals surface area (Å²) in [6, 6.07) is 15.1. The van der Waals surface area contributed by atoms with Crippen LogP contribution in [0.2, 0.25) is 0 Å². The molecule has 0 fully saturated rings. The second-order valence-corrected chi connectivity index (χ2v) is 7.20. The monoisotopic (exact) mass is 384 g/mol. The summed E-state index contributed by atoms with van der Waals surface area (Å²) in [4.78, 5) is 27.5. The van der Waals surface area contributed by atoms with Crippen molar-refractivity contribution < 1.29 is 19.2 Å². The summed E-state index contributed by atoms with van der Waals surface area (Å²) in [6.45, 7) is 4.60. The largest absolute Gasteiger partial charge is 0.497 e. The molecule has 0 saturated heterocycles. The number of methoxy groups -OCH3 is 1. The molecular weight excluding hydrogens is 354 g/mol. The average molecular weight is 385 g/mol. The van der Waals surface area contributed by atoms with Gasteiger partial charge in [-0.2, -0.15) is 0 Å². The summed E-state index contributed by atoms with van der Waals surface area (Å²) < 4.78 is 5.17. The highest BCUT2D eigenvalue weighted by Crippen LogP contribution is 2.10. The molecule has 2 atom stereocenters. The number of amides is 2. The molecule has 0 aliphatic carbocycles. The Bertz CT molecular complexity index is 788. The number of carbonyl (C=O) groups is 2. The van der Waals surface area contributed by atoms with Crippen molar-refractivity contribution in [1.29, 1.82) is 0 Å². The normalized spacial score (nSPS) is 12.8. The van der Waals surface area contributed by atoms with Gasteiger partial charge in [-0.05, 0) is 50.2 Å². The molecule has 28 heavy (non-hydrogen) atoms. The molecule has 2 rings (SSSR count). The molecule has 2 amide bonds. The van der Waals surface area contributed by atoms with E-state index in [1.807, 2.05) is 69.4 Å². The van der Waals surface area contributed by atoms with Crippen LogP contribution in [0.15, 0.2) is 48.5 Å². The van der Waals surface area contributed by atoms with E-state index in [0.717, 1.165) is 27.5 Å². The van der Waals surface area contributed by atoms with Gasteiger partial charge in [0.2, 0.25) is 5.91 Å². The maximum Gasteiger partial charge on any atom is 0.280 e. The SMILES string of the molecule is COc1ccc(C[NH+](C)[C@@H](C)C(=O)N(C)CC(=O)Nc2ccc(C)cc2)cc1. The van der Waals surface area contributed by atoms with Gasteiger partial charge in [0.1, 0.15) is 12.3 Å². The molecule has 0 aliphatic heterocycles. The van der Waals surface area contributed by atoms with Crippen molar-refractivity contribution in [3.05, 3.63) is 59.7 Å². The number of hydrogen-bond donors (Lipinski definition) is 2. The van der Waals surface area contributed by atoms with Crippen molar-refractivity contribution in [1.82, 2.24) is 4.90 Å². The molecule has 2 aromatic rings. The average Bonchev–Trinajstić information content (AvgIpc) is 2.69. The number of hydrogen-bond acceptors (Lipinski definition) is 3. The van der Waals surface area contributed by atoms with E-state index in [4.69, 9.17) is 4.74 Å². The molecule has 6 heteroatoms. The second kappa shape index (κ2) is 9.90. The minimum Gasteiger partial charge on any atom is -0.497 e. The maximum absolute atomic E-state index is 12.7. The lowest BCUT2D eigenvalue weighted by Crippen LogP contribution is -3.12. The Labute approximate surface area is 167 Å². The van der Waals surface area contributed by atoms with Crippen molar-refractivity contribution in [2.24, 2.45) is 0 Å². The van der Waals surface area contributed by atoms with Gasteiger partial charge in [-0.25, -0.2) is 0 Å². The quantitative estimate of drug-likeness (QED) is 0.725. The number of ether oxygens (including phenoxy) is 1. The highest BCUT2D eigenvalue weighted by molar-refractivity contribution is 5.94. The van der Waals surface area contributed by atoms with Crippen LogP contribution >= 0.6 is 0 Å². The third kappa shape index (κ3) is 6.09. The number of anilines is 1. The lowest BCUT2D eigenvalue weighted by atomic mass is 10.1. The first-order valence-corrected chi connectivity index (χ1v) is 9.37. The number of aryl methyl sites for hydroxylation is 1. The maximum atomic E-state index is 12.7. The molecule has 0 saturated carbocycles. The molecular formula is C22H30N3O3+. The number of nitrogens with one attached hydrogen (secondary N) is 2. The highest BCUT2D eigenvalue weighted by atomic mass is 16.5. The van der Waals surface area contributed by atoms with Crippen LogP contribution in [0, 0.1) is 6.92 Å². The molecule has 0 spiro atoms. The van der Waals surface area contributed by atoms with E-state index in [1.165, 1.54) is 4.90 Å². The standard InChI is InChI=1S/C22H29N3O3/c1-16-6-10-19(11-7-16)23-21(26)15-25(4)22(27)17(2)24(3)14-18-8-12-20(28-5)13-9-18/h6-13,17H,14-15H2,1-5H3,(H,23,26)/p+1/t17-/m0/s1. The van der Waals surface area contributed by atoms with E-state index < -0.39 is 0 Å². The summed E-state index contributed by atoms with van der Waals surface area (Å²) in [5.41, 5.74) is 2.98. The first kappa shape index (κ1) is 21.4. The van der Waals surface area contributed by atoms with Crippen LogP contribution in [-0.4, -0.2) is 50.5 Å². The van der Waals surface area contributed by atoms with Crippen molar-refractivity contribution in [3.8, 4) is 5.75 Å². The van der Waals surface area contributed by atoms with E-state index in [9.17, 15) is 9.59 Å². The Morgan fingerprint density at radius 3 is 2.29 bits per heavy atom. The van der Waals surface area contributed by atoms with Gasteiger partial charge >= 0.3 is 0 Å². The van der Waals surface area contributed by atoms with Crippen LogP contribution in [0.5, 0.6) is 5.75 Å². The molecule has 1 unspecified atom stereocenters. The minimum absolute atomic E-state index is 0.0207. The Kier molecular flexibility index (Phi) is 7.58. The molecule has 2 N–H and O–H groups in total. The molecule has 0 bridgehead atoms. The lowest BCUT2D eigenvalue weighted by Gasteiger charge is -2.25. The summed E-state index contributed by atoms with van der Waals surface area (Å²) in [5, 5.41) is 2.82. The van der Waals surface area contributed by atoms with Gasteiger partial charge in [0.25, 0.3) is 5.91 Å². The van der Waals surface area contributed by atoms with Crippen LogP contribution in [0.3, 0.4) is 0 Å². The topological polar surface area (TPSA) is 63.1 Å². The number of rotatable bonds is 8. The summed E-state index contributed by atoms with van der Waals surface area (Å²) in [5.74, 6) is 0.537. The van der Waals surface area contributed by atoms with Gasteiger partial charge in [0.15, 0.2) is 6.04 Å². The van der Waals surface area contributed by atoms with Gasteiger partial charge in [-0.15, -0.1) is 0 Å². The van der Waals surface area contributed by atoms with Gasteiger partial charge < -0.3 is 19.9 Å². The molecule has 0 radical (unpaired) electrons. The van der Waals surface area contributed by atoms with E-state index >= 15 is 0 Å². The van der Waals surface area contributed by atoms with Crippen molar-refractivity contribution >= 4 is 17.5 Å². The van der Waals surface area contributed by atoms with Crippen molar-refractivity contribution in [3.63, 3.8) is 0 Å². The highest BCUT2D eigenvalue weighted by Gasteiger charge is 2.26. The molecule has 0 aliphatic rings. The predicted octanol–water partition coefficient (Wildman–Crippen LogP) is 1.50. The zero-order valence-corrected chi connectivity index (χ0v) is 17.3. The molecule has 0 aromatic heterocycles. The van der Waals surface area contributed by atoms with E-state index in [0.29, 0.717) is 6.54 Å². The number of quaternary nitrogens is 1. The lowest BCUT2D eigenvalue weighted by molar-refractivity contribution is -0.908. The zero-order chi connectivity index (χ0) is 20.7. The van der Waals surface area contributed by atoms with Gasteiger partial charge in [-0.1, -0.05) is 17.7 Å². The Hall–Kier alpha value is -2.86. The van der Waals surface area contributed by atoms with Crippen LogP contribution < -0.4 is 15.0 Å². The van der Waals surface area contributed by atoms with Gasteiger partial charge in [0.05, 0.1) is 20.7 Å². The predicted molar refractivity (Wildman–Crippen MR) is 110 cm³/mol. The van der Waals surface area contributed by atoms with Gasteiger partial charge in [-0.3, -0.25) is 9.59 Å². The van der Waals surface area contributed by atoms with Gasteiger partial charge in [0, 0.05) is 18.3 Å². The van der Waals surface area contributed by atoms with Crippen LogP contribution in [-0.2, 0) is 16.1 Å². The number of carbonyl (C=O) groups excluding carboxylic acids is 2. The Morgan fingerprint density at radius 1 is 1.11 bits per heavy atom. The molecule has 0 heterocycles. The summed E-state index contributed by atoms with van der Waals surface area (Å²) in [6.07, 6.45) is 0. The van der Waals surface area contributed by atoms with Crippen molar-refractivity contribution in [2.45, 2.75) is 26.4 Å². The summed E-state index contributed by atoms with van der Waals surface area (Å²) in [7, 11) is 5.28. The number of nitrogens with zero attached hydrogens (tertiary/aromatic N) is 1. The van der Waals surface area contributed by atoms with E-state index in [1.54, 1.807) is 14.2 Å². The minimum atomic E-state index is -0.265. The Morgan fingerprint density at radius 2 is 1.71 bits per heavy atom. The van der Waals surface area contributed by atoms with E-state index in [-0.39, 0.29) is 24.4 Å². The fourth-order valence-electron chi connectivity index (χ4n) is 2.89. The Balaban J connectivity index is 1.87. The third-order valence-corrected chi connectivity index (χ3v) is 4.84. The smallest absolute Gasteiger partial charge is 0.280 e. The van der Waals surface area contributed by atoms with E-state index in [2.05, 4.69) is 5.32 Å². The first-order valence-electron chi connectivity index (χ1n) is 9.37. The molecule has 150 valence electrons. The first-order chi connectivity index (χ1) is 13.3. The van der Waals surface area contributed by atoms with Crippen LogP contribution in [0.4, 0.5) is 5.69 Å².